The number of fused-ring (bicyclic) bond motifs is 1. The van der Waals surface area contributed by atoms with Crippen LogP contribution in [0.5, 0.6) is 0 Å². The van der Waals surface area contributed by atoms with Crippen molar-refractivity contribution in [3.8, 4) is 0 Å². The molecule has 3 rings (SSSR count). The maximum atomic E-state index is 12.7. The van der Waals surface area contributed by atoms with E-state index in [0.717, 1.165) is 28.7 Å². The predicted octanol–water partition coefficient (Wildman–Crippen LogP) is 4.76. The van der Waals surface area contributed by atoms with Crippen molar-refractivity contribution in [3.05, 3.63) is 67.1 Å². The molecule has 0 aliphatic heterocycles. The van der Waals surface area contributed by atoms with Gasteiger partial charge in [0.05, 0.1) is 17.0 Å². The molecule has 6 nitrogen and oxygen atoms in total. The minimum atomic E-state index is -0.172. The summed E-state index contributed by atoms with van der Waals surface area (Å²) in [5.41, 5.74) is 3.20. The number of amides is 2. The van der Waals surface area contributed by atoms with Gasteiger partial charge in [0.2, 0.25) is 11.8 Å². The first-order chi connectivity index (χ1) is 15.0. The minimum Gasteiger partial charge on any atom is -0.356 e. The van der Waals surface area contributed by atoms with Gasteiger partial charge in [-0.25, -0.2) is 4.98 Å². The largest absolute Gasteiger partial charge is 0.356 e. The fraction of sp³-hybridized carbons (Fsp3) is 0.320. The molecule has 2 aromatic rings. The van der Waals surface area contributed by atoms with E-state index in [1.54, 1.807) is 19.2 Å². The molecule has 31 heavy (non-hydrogen) atoms. The van der Waals surface area contributed by atoms with Gasteiger partial charge < -0.3 is 15.6 Å². The number of aromatic nitrogens is 2. The monoisotopic (exact) mass is 418 g/mol. The molecular weight excluding hydrogens is 388 g/mol. The Hall–Kier alpha value is -3.41. The normalized spacial score (nSPS) is 15.9. The van der Waals surface area contributed by atoms with E-state index < -0.39 is 0 Å². The molecule has 1 fully saturated rings. The van der Waals surface area contributed by atoms with Gasteiger partial charge in [0.1, 0.15) is 5.82 Å². The molecular formula is C25H30N4O2. The second-order valence-corrected chi connectivity index (χ2v) is 7.78. The number of carbonyl (C=O) groups excluding carboxylic acids is 2. The van der Waals surface area contributed by atoms with E-state index in [2.05, 4.69) is 27.2 Å². The number of hydrogen-bond donors (Lipinski definition) is 3. The van der Waals surface area contributed by atoms with Gasteiger partial charge in [0, 0.05) is 24.4 Å². The Morgan fingerprint density at radius 2 is 2.13 bits per heavy atom. The second-order valence-electron chi connectivity index (χ2n) is 7.78. The number of hydrogen-bond acceptors (Lipinski definition) is 3. The number of imidazole rings is 1. The van der Waals surface area contributed by atoms with E-state index in [1.807, 2.05) is 43.4 Å². The first-order valence-electron chi connectivity index (χ1n) is 10.7. The minimum absolute atomic E-state index is 0.0187. The first kappa shape index (κ1) is 22.3. The van der Waals surface area contributed by atoms with Crippen molar-refractivity contribution in [3.63, 3.8) is 0 Å². The van der Waals surface area contributed by atoms with Crippen LogP contribution in [0.25, 0.3) is 16.6 Å². The van der Waals surface area contributed by atoms with Crippen molar-refractivity contribution in [1.29, 1.82) is 0 Å². The smallest absolute Gasteiger partial charge is 0.243 e. The highest BCUT2D eigenvalue weighted by Gasteiger charge is 2.24. The third-order valence-electron chi connectivity index (χ3n) is 5.57. The summed E-state index contributed by atoms with van der Waals surface area (Å²) in [6, 6.07) is 5.63. The molecule has 1 aliphatic rings. The Balaban J connectivity index is 1.77. The van der Waals surface area contributed by atoms with E-state index in [-0.39, 0.29) is 17.7 Å². The average Bonchev–Trinajstić information content (AvgIpc) is 3.15. The zero-order valence-corrected chi connectivity index (χ0v) is 18.2. The molecule has 0 bridgehead atoms. The molecule has 1 aromatic heterocycles. The van der Waals surface area contributed by atoms with E-state index in [4.69, 9.17) is 0 Å². The van der Waals surface area contributed by atoms with E-state index in [0.29, 0.717) is 11.7 Å². The Kier molecular flexibility index (Phi) is 7.60. The van der Waals surface area contributed by atoms with Crippen LogP contribution >= 0.6 is 0 Å². The Morgan fingerprint density at radius 3 is 2.77 bits per heavy atom. The van der Waals surface area contributed by atoms with Gasteiger partial charge in [0.15, 0.2) is 0 Å². The summed E-state index contributed by atoms with van der Waals surface area (Å²) in [5, 5.41) is 5.56. The molecule has 162 valence electrons. The molecule has 1 heterocycles. The number of benzene rings is 1. The van der Waals surface area contributed by atoms with Crippen LogP contribution in [0.1, 0.15) is 38.4 Å². The van der Waals surface area contributed by atoms with Crippen LogP contribution in [0.2, 0.25) is 0 Å². The molecule has 1 unspecified atom stereocenters. The molecule has 1 aliphatic carbocycles. The standard InChI is InChI=1S/C25H30N4O2/c1-4-8-19(11-7-12-23(30)26-3)24-28-21-14-13-20(16-22(21)29-24)27-25(31)18(5-2)15-17-9-6-10-17/h4-5,7-8,11-14,16-18H,2,6,9-10,15H2,1,3H3,(H,26,30)(H,27,31)(H,28,29)/b8-4-,12-7+,19-11+. The van der Waals surface area contributed by atoms with Crippen LogP contribution in [0.3, 0.4) is 0 Å². The Bertz CT molecular complexity index is 1040. The summed E-state index contributed by atoms with van der Waals surface area (Å²) >= 11 is 0. The maximum Gasteiger partial charge on any atom is 0.243 e. The average molecular weight is 419 g/mol. The van der Waals surface area contributed by atoms with E-state index in [1.165, 1.54) is 25.3 Å². The van der Waals surface area contributed by atoms with Crippen LogP contribution in [0.4, 0.5) is 5.69 Å². The number of allylic oxidation sites excluding steroid dienone is 5. The van der Waals surface area contributed by atoms with Gasteiger partial charge in [-0.3, -0.25) is 9.59 Å². The number of rotatable bonds is 9. The van der Waals surface area contributed by atoms with Gasteiger partial charge >= 0.3 is 0 Å². The fourth-order valence-corrected chi connectivity index (χ4v) is 3.57. The van der Waals surface area contributed by atoms with Gasteiger partial charge in [-0.1, -0.05) is 49.6 Å². The van der Waals surface area contributed by atoms with Gasteiger partial charge in [-0.2, -0.15) is 0 Å². The number of nitrogens with one attached hydrogen (secondary N) is 3. The lowest BCUT2D eigenvalue weighted by Gasteiger charge is -2.27. The molecule has 2 amide bonds. The second kappa shape index (κ2) is 10.6. The molecule has 6 heteroatoms. The quantitative estimate of drug-likeness (QED) is 0.312. The van der Waals surface area contributed by atoms with Crippen molar-refractivity contribution in [1.82, 2.24) is 15.3 Å². The fourth-order valence-electron chi connectivity index (χ4n) is 3.57. The molecule has 0 spiro atoms. The molecule has 3 N–H and O–H groups in total. The van der Waals surface area contributed by atoms with Crippen LogP contribution < -0.4 is 10.6 Å². The lowest BCUT2D eigenvalue weighted by Crippen LogP contribution is -2.25. The third-order valence-corrected chi connectivity index (χ3v) is 5.57. The SMILES string of the molecule is C=CC(CC1CCC1)C(=O)Nc1ccc2nc(C(/C=C\C)=C/C=C/C(=O)NC)[nH]c2c1. The van der Waals surface area contributed by atoms with Crippen molar-refractivity contribution in [2.75, 3.05) is 12.4 Å². The molecule has 0 saturated heterocycles. The predicted molar refractivity (Wildman–Crippen MR) is 126 cm³/mol. The molecule has 1 saturated carbocycles. The molecule has 0 radical (unpaired) electrons. The van der Waals surface area contributed by atoms with Gasteiger partial charge in [-0.15, -0.1) is 6.58 Å². The highest BCUT2D eigenvalue weighted by molar-refractivity contribution is 5.95. The Morgan fingerprint density at radius 1 is 1.32 bits per heavy atom. The number of likely N-dealkylation sites (N-methyl/N-ethyl adjacent to an activating group) is 1. The number of aromatic amines is 1. The van der Waals surface area contributed by atoms with Crippen molar-refractivity contribution >= 4 is 34.1 Å². The molecule has 1 aromatic carbocycles. The van der Waals surface area contributed by atoms with E-state index >= 15 is 0 Å². The van der Waals surface area contributed by atoms with E-state index in [9.17, 15) is 9.59 Å². The molecule has 1 atom stereocenters. The third kappa shape index (κ3) is 5.81. The topological polar surface area (TPSA) is 86.9 Å². The van der Waals surface area contributed by atoms with Crippen LogP contribution in [0, 0.1) is 11.8 Å². The van der Waals surface area contributed by atoms with Gasteiger partial charge in [-0.05, 0) is 37.5 Å². The number of carbonyl (C=O) groups is 2. The van der Waals surface area contributed by atoms with Crippen LogP contribution in [0.15, 0.2) is 61.2 Å². The number of H-pyrrole nitrogens is 1. The number of nitrogens with zero attached hydrogens (tertiary/aromatic N) is 1. The summed E-state index contributed by atoms with van der Waals surface area (Å²) in [7, 11) is 1.59. The van der Waals surface area contributed by atoms with Crippen LogP contribution in [-0.4, -0.2) is 28.8 Å². The highest BCUT2D eigenvalue weighted by Crippen LogP contribution is 2.33. The summed E-state index contributed by atoms with van der Waals surface area (Å²) < 4.78 is 0. The van der Waals surface area contributed by atoms with Gasteiger partial charge in [0.25, 0.3) is 0 Å². The summed E-state index contributed by atoms with van der Waals surface area (Å²) in [4.78, 5) is 32.0. The highest BCUT2D eigenvalue weighted by atomic mass is 16.2. The van der Waals surface area contributed by atoms with Crippen LogP contribution in [-0.2, 0) is 9.59 Å². The zero-order valence-electron chi connectivity index (χ0n) is 18.2. The summed E-state index contributed by atoms with van der Waals surface area (Å²) in [6.07, 6.45) is 15.1. The summed E-state index contributed by atoms with van der Waals surface area (Å²) in [5.74, 6) is 0.966. The first-order valence-corrected chi connectivity index (χ1v) is 10.7. The van der Waals surface area contributed by atoms with Crippen molar-refractivity contribution in [2.24, 2.45) is 11.8 Å². The van der Waals surface area contributed by atoms with Crippen molar-refractivity contribution in [2.45, 2.75) is 32.6 Å². The lowest BCUT2D eigenvalue weighted by atomic mass is 9.79. The maximum absolute atomic E-state index is 12.7. The number of anilines is 1. The Labute approximate surface area is 183 Å². The summed E-state index contributed by atoms with van der Waals surface area (Å²) in [6.45, 7) is 5.77. The lowest BCUT2D eigenvalue weighted by molar-refractivity contribution is -0.119. The zero-order chi connectivity index (χ0) is 22.2. The van der Waals surface area contributed by atoms with Crippen molar-refractivity contribution < 1.29 is 9.59 Å².